The molecule has 1 atom stereocenters. The number of nitrogens with one attached hydrogen (secondary N) is 1. The third-order valence-electron chi connectivity index (χ3n) is 2.66. The summed E-state index contributed by atoms with van der Waals surface area (Å²) >= 11 is 0. The van der Waals surface area contributed by atoms with Crippen LogP contribution in [-0.2, 0) is 0 Å². The molecule has 1 N–H and O–H groups in total. The minimum atomic E-state index is 0.0560. The van der Waals surface area contributed by atoms with Gasteiger partial charge >= 0.3 is 0 Å². The molecule has 1 aliphatic rings. The maximum absolute atomic E-state index is 11.6. The van der Waals surface area contributed by atoms with Crippen molar-refractivity contribution in [3.63, 3.8) is 0 Å². The van der Waals surface area contributed by atoms with Gasteiger partial charge in [0.25, 0.3) is 5.91 Å². The number of benzene rings is 1. The molecule has 0 bridgehead atoms. The zero-order valence-corrected chi connectivity index (χ0v) is 8.79. The van der Waals surface area contributed by atoms with Crippen LogP contribution in [0.15, 0.2) is 24.3 Å². The van der Waals surface area contributed by atoms with Gasteiger partial charge in [0, 0.05) is 5.56 Å². The van der Waals surface area contributed by atoms with E-state index in [1.54, 1.807) is 0 Å². The van der Waals surface area contributed by atoms with Gasteiger partial charge in [0.2, 0.25) is 0 Å². The Morgan fingerprint density at radius 3 is 2.50 bits per heavy atom. The van der Waals surface area contributed by atoms with E-state index in [0.29, 0.717) is 0 Å². The Labute approximate surface area is 84.3 Å². The minimum Gasteiger partial charge on any atom is -0.345 e. The topological polar surface area (TPSA) is 29.1 Å². The number of carbonyl (C=O) groups is 1. The summed E-state index contributed by atoms with van der Waals surface area (Å²) in [5, 5.41) is 3.02. The molecule has 0 spiro atoms. The first-order chi connectivity index (χ1) is 6.50. The molecule has 0 saturated heterocycles. The molecule has 0 unspecified atom stereocenters. The predicted octanol–water partition coefficient (Wildman–Crippen LogP) is 2.52. The lowest BCUT2D eigenvalue weighted by Gasteiger charge is -2.27. The lowest BCUT2D eigenvalue weighted by molar-refractivity contribution is 0.0933. The van der Waals surface area contributed by atoms with E-state index >= 15 is 0 Å². The van der Waals surface area contributed by atoms with Crippen LogP contribution in [0.4, 0.5) is 0 Å². The number of carbonyl (C=O) groups excluding carboxylic acids is 1. The van der Waals surface area contributed by atoms with E-state index in [4.69, 9.17) is 0 Å². The van der Waals surface area contributed by atoms with Crippen LogP contribution in [0, 0.1) is 5.41 Å². The highest BCUT2D eigenvalue weighted by Crippen LogP contribution is 2.38. The first-order valence-corrected chi connectivity index (χ1v) is 4.90. The van der Waals surface area contributed by atoms with E-state index in [1.807, 2.05) is 24.3 Å². The lowest BCUT2D eigenvalue weighted by atomic mass is 9.83. The van der Waals surface area contributed by atoms with Gasteiger partial charge in [0.15, 0.2) is 0 Å². The Bertz CT molecular complexity index is 376. The van der Waals surface area contributed by atoms with Crippen molar-refractivity contribution < 1.29 is 4.79 Å². The van der Waals surface area contributed by atoms with E-state index < -0.39 is 0 Å². The van der Waals surface area contributed by atoms with E-state index in [1.165, 1.54) is 0 Å². The second-order valence-corrected chi connectivity index (χ2v) is 4.86. The molecule has 1 aromatic carbocycles. The number of fused-ring (bicyclic) bond motifs is 1. The molecule has 1 aliphatic heterocycles. The summed E-state index contributed by atoms with van der Waals surface area (Å²) in [7, 11) is 0. The summed E-state index contributed by atoms with van der Waals surface area (Å²) in [5.74, 6) is 0.0560. The van der Waals surface area contributed by atoms with Crippen molar-refractivity contribution >= 4 is 5.91 Å². The maximum Gasteiger partial charge on any atom is 0.252 e. The van der Waals surface area contributed by atoms with Gasteiger partial charge in [0.05, 0.1) is 6.04 Å². The van der Waals surface area contributed by atoms with Gasteiger partial charge in [-0.25, -0.2) is 0 Å². The lowest BCUT2D eigenvalue weighted by Crippen LogP contribution is -2.29. The van der Waals surface area contributed by atoms with Gasteiger partial charge in [-0.05, 0) is 17.0 Å². The molecule has 2 nitrogen and oxygen atoms in total. The summed E-state index contributed by atoms with van der Waals surface area (Å²) in [6.07, 6.45) is 0. The summed E-state index contributed by atoms with van der Waals surface area (Å²) in [6.45, 7) is 6.42. The second kappa shape index (κ2) is 2.84. The second-order valence-electron chi connectivity index (χ2n) is 4.86. The largest absolute Gasteiger partial charge is 0.345 e. The Hall–Kier alpha value is -1.31. The molecule has 1 heterocycles. The summed E-state index contributed by atoms with van der Waals surface area (Å²) in [5.41, 5.74) is 2.03. The van der Waals surface area contributed by atoms with Crippen molar-refractivity contribution in [3.05, 3.63) is 35.4 Å². The third kappa shape index (κ3) is 1.31. The molecule has 0 saturated carbocycles. The van der Waals surface area contributed by atoms with Crippen LogP contribution in [0.3, 0.4) is 0 Å². The molecule has 0 aliphatic carbocycles. The molecule has 0 radical (unpaired) electrons. The highest BCUT2D eigenvalue weighted by molar-refractivity contribution is 5.99. The maximum atomic E-state index is 11.6. The average molecular weight is 189 g/mol. The molecule has 1 amide bonds. The molecular formula is C12H15NO. The Morgan fingerprint density at radius 2 is 1.86 bits per heavy atom. The zero-order valence-electron chi connectivity index (χ0n) is 8.79. The number of hydrogen-bond donors (Lipinski definition) is 1. The van der Waals surface area contributed by atoms with Crippen molar-refractivity contribution in [2.75, 3.05) is 0 Å². The Morgan fingerprint density at radius 1 is 1.21 bits per heavy atom. The predicted molar refractivity (Wildman–Crippen MR) is 56.1 cm³/mol. The quantitative estimate of drug-likeness (QED) is 0.667. The first-order valence-electron chi connectivity index (χ1n) is 4.90. The van der Waals surface area contributed by atoms with Gasteiger partial charge in [-0.1, -0.05) is 39.0 Å². The highest BCUT2D eigenvalue weighted by Gasteiger charge is 2.35. The van der Waals surface area contributed by atoms with Crippen LogP contribution >= 0.6 is 0 Å². The monoisotopic (exact) mass is 189 g/mol. The molecular weight excluding hydrogens is 174 g/mol. The van der Waals surface area contributed by atoms with Crippen LogP contribution in [0.2, 0.25) is 0 Å². The summed E-state index contributed by atoms with van der Waals surface area (Å²) in [6, 6.07) is 7.95. The van der Waals surface area contributed by atoms with E-state index in [0.717, 1.165) is 11.1 Å². The summed E-state index contributed by atoms with van der Waals surface area (Å²) in [4.78, 5) is 11.6. The van der Waals surface area contributed by atoms with Gasteiger partial charge in [-0.3, -0.25) is 4.79 Å². The van der Waals surface area contributed by atoms with Gasteiger partial charge in [-0.2, -0.15) is 0 Å². The SMILES string of the molecule is CC(C)(C)[C@@H]1NC(=O)c2ccccc21. The zero-order chi connectivity index (χ0) is 10.3. The fourth-order valence-electron chi connectivity index (χ4n) is 1.93. The van der Waals surface area contributed by atoms with Crippen LogP contribution in [-0.4, -0.2) is 5.91 Å². The van der Waals surface area contributed by atoms with Gasteiger partial charge in [-0.15, -0.1) is 0 Å². The van der Waals surface area contributed by atoms with Gasteiger partial charge in [0.1, 0.15) is 0 Å². The first kappa shape index (κ1) is 9.25. The normalized spacial score (nSPS) is 20.5. The average Bonchev–Trinajstić information content (AvgIpc) is 2.44. The van der Waals surface area contributed by atoms with E-state index in [2.05, 4.69) is 26.1 Å². The minimum absolute atomic E-state index is 0.0560. The fraction of sp³-hybridized carbons (Fsp3) is 0.417. The van der Waals surface area contributed by atoms with Gasteiger partial charge < -0.3 is 5.32 Å². The van der Waals surface area contributed by atoms with Crippen LogP contribution in [0.5, 0.6) is 0 Å². The van der Waals surface area contributed by atoms with E-state index in [9.17, 15) is 4.79 Å². The van der Waals surface area contributed by atoms with E-state index in [-0.39, 0.29) is 17.4 Å². The highest BCUT2D eigenvalue weighted by atomic mass is 16.2. The van der Waals surface area contributed by atoms with Crippen molar-refractivity contribution in [1.29, 1.82) is 0 Å². The summed E-state index contributed by atoms with van der Waals surface area (Å²) < 4.78 is 0. The third-order valence-corrected chi connectivity index (χ3v) is 2.66. The van der Waals surface area contributed by atoms with Crippen molar-refractivity contribution in [1.82, 2.24) is 5.32 Å². The smallest absolute Gasteiger partial charge is 0.252 e. The Kier molecular flexibility index (Phi) is 1.88. The fourth-order valence-corrected chi connectivity index (χ4v) is 1.93. The van der Waals surface area contributed by atoms with Crippen LogP contribution < -0.4 is 5.32 Å². The number of hydrogen-bond acceptors (Lipinski definition) is 1. The molecule has 2 heteroatoms. The molecule has 14 heavy (non-hydrogen) atoms. The molecule has 1 aromatic rings. The van der Waals surface area contributed by atoms with Crippen LogP contribution in [0.25, 0.3) is 0 Å². The molecule has 74 valence electrons. The molecule has 2 rings (SSSR count). The molecule has 0 fully saturated rings. The van der Waals surface area contributed by atoms with Crippen molar-refractivity contribution in [2.24, 2.45) is 5.41 Å². The van der Waals surface area contributed by atoms with Crippen molar-refractivity contribution in [3.8, 4) is 0 Å². The number of amides is 1. The number of rotatable bonds is 0. The van der Waals surface area contributed by atoms with Crippen LogP contribution in [0.1, 0.15) is 42.7 Å². The van der Waals surface area contributed by atoms with Crippen molar-refractivity contribution in [2.45, 2.75) is 26.8 Å². The Balaban J connectivity index is 2.50. The standard InChI is InChI=1S/C12H15NO/c1-12(2,3)10-8-6-4-5-7-9(8)11(14)13-10/h4-7,10H,1-3H3,(H,13,14)/t10-/m1/s1. The molecule has 0 aromatic heterocycles.